The van der Waals surface area contributed by atoms with Gasteiger partial charge in [0, 0.05) is 28.6 Å². The van der Waals surface area contributed by atoms with E-state index in [-0.39, 0.29) is 39.9 Å². The SMILES string of the molecule is C[C@@]1(C(=O)NC(Cc2ccc(-c3cccc(F)c3C#N)cc2)C(=O)O)CCCN1S(=O)(=O)c1cc(Cl)cc(Cl)c1. The van der Waals surface area contributed by atoms with E-state index in [2.05, 4.69) is 5.32 Å². The van der Waals surface area contributed by atoms with Gasteiger partial charge in [0.05, 0.1) is 10.5 Å². The highest BCUT2D eigenvalue weighted by Crippen LogP contribution is 2.36. The first kappa shape index (κ1) is 29.5. The molecule has 1 heterocycles. The quantitative estimate of drug-likeness (QED) is 0.372. The maximum atomic E-state index is 14.0. The van der Waals surface area contributed by atoms with Crippen LogP contribution in [0.4, 0.5) is 4.39 Å². The van der Waals surface area contributed by atoms with Crippen molar-refractivity contribution in [3.8, 4) is 17.2 Å². The molecule has 0 aromatic heterocycles. The molecule has 0 saturated carbocycles. The number of halogens is 3. The lowest BCUT2D eigenvalue weighted by Crippen LogP contribution is -2.58. The minimum absolute atomic E-state index is 0.0559. The van der Waals surface area contributed by atoms with E-state index < -0.39 is 39.3 Å². The smallest absolute Gasteiger partial charge is 0.326 e. The Balaban J connectivity index is 1.54. The molecule has 1 unspecified atom stereocenters. The molecule has 1 amide bonds. The first-order chi connectivity index (χ1) is 18.9. The van der Waals surface area contributed by atoms with Crippen LogP contribution in [0, 0.1) is 17.1 Å². The minimum atomic E-state index is -4.18. The molecule has 0 aliphatic carbocycles. The Bertz CT molecular complexity index is 1610. The zero-order valence-corrected chi connectivity index (χ0v) is 23.5. The van der Waals surface area contributed by atoms with Crippen molar-refractivity contribution in [1.82, 2.24) is 9.62 Å². The molecule has 1 saturated heterocycles. The topological polar surface area (TPSA) is 128 Å². The van der Waals surface area contributed by atoms with E-state index in [4.69, 9.17) is 23.2 Å². The molecule has 0 radical (unpaired) electrons. The van der Waals surface area contributed by atoms with E-state index in [1.165, 1.54) is 37.3 Å². The highest BCUT2D eigenvalue weighted by atomic mass is 35.5. The van der Waals surface area contributed by atoms with Gasteiger partial charge in [-0.25, -0.2) is 17.6 Å². The van der Waals surface area contributed by atoms with Gasteiger partial charge >= 0.3 is 5.97 Å². The number of carbonyl (C=O) groups is 2. The third-order valence-electron chi connectivity index (χ3n) is 6.92. The number of amides is 1. The molecule has 1 aliphatic rings. The summed E-state index contributed by atoms with van der Waals surface area (Å²) in [7, 11) is -4.18. The van der Waals surface area contributed by atoms with Crippen LogP contribution in [0.25, 0.3) is 11.1 Å². The summed E-state index contributed by atoms with van der Waals surface area (Å²) in [5.41, 5.74) is -0.128. The minimum Gasteiger partial charge on any atom is -0.480 e. The van der Waals surface area contributed by atoms with Gasteiger partial charge in [-0.3, -0.25) is 4.79 Å². The van der Waals surface area contributed by atoms with Gasteiger partial charge in [-0.1, -0.05) is 59.6 Å². The fraction of sp³-hybridized carbons (Fsp3) is 0.250. The van der Waals surface area contributed by atoms with Crippen molar-refractivity contribution >= 4 is 45.1 Å². The standard InChI is InChI=1S/C28H24Cl2FN3O5S/c1-28(10-3-11-34(28)40(38,39)21-14-19(29)13-20(30)15-21)27(37)33-25(26(35)36)12-17-6-8-18(9-7-17)22-4-2-5-24(31)23(22)16-32/h2,4-9,13-15,25H,3,10-12H2,1H3,(H,33,37)(H,35,36)/t25?,28-/m0/s1. The number of benzene rings is 3. The Kier molecular flexibility index (Phi) is 8.52. The lowest BCUT2D eigenvalue weighted by atomic mass is 9.96. The van der Waals surface area contributed by atoms with Crippen LogP contribution >= 0.6 is 23.2 Å². The third kappa shape index (κ3) is 5.83. The molecule has 1 fully saturated rings. The molecule has 40 heavy (non-hydrogen) atoms. The molecule has 208 valence electrons. The van der Waals surface area contributed by atoms with Crippen LogP contribution in [0.5, 0.6) is 0 Å². The molecule has 3 aromatic rings. The first-order valence-corrected chi connectivity index (χ1v) is 14.4. The molecule has 0 bridgehead atoms. The molecular weight excluding hydrogens is 580 g/mol. The largest absolute Gasteiger partial charge is 0.480 e. The predicted molar refractivity (Wildman–Crippen MR) is 148 cm³/mol. The van der Waals surface area contributed by atoms with Gasteiger partial charge in [0.15, 0.2) is 0 Å². The van der Waals surface area contributed by atoms with Gasteiger partial charge in [0.2, 0.25) is 15.9 Å². The lowest BCUT2D eigenvalue weighted by Gasteiger charge is -2.34. The summed E-state index contributed by atoms with van der Waals surface area (Å²) in [6.45, 7) is 1.51. The molecule has 1 aliphatic heterocycles. The summed E-state index contributed by atoms with van der Waals surface area (Å²) in [6, 6.07) is 15.2. The average Bonchev–Trinajstić information content (AvgIpc) is 3.31. The number of nitriles is 1. The highest BCUT2D eigenvalue weighted by Gasteiger charge is 2.50. The summed E-state index contributed by atoms with van der Waals surface area (Å²) in [5, 5.41) is 21.9. The second-order valence-corrected chi connectivity index (χ2v) is 12.3. The number of carboxylic acid groups (broad SMARTS) is 1. The van der Waals surface area contributed by atoms with Crippen molar-refractivity contribution < 1.29 is 27.5 Å². The summed E-state index contributed by atoms with van der Waals surface area (Å²) in [5.74, 6) is -2.69. The van der Waals surface area contributed by atoms with E-state index in [1.807, 2.05) is 6.07 Å². The second-order valence-electron chi connectivity index (χ2n) is 9.60. The Hall–Kier alpha value is -3.49. The van der Waals surface area contributed by atoms with Crippen LogP contribution < -0.4 is 5.32 Å². The Morgan fingerprint density at radius 3 is 2.40 bits per heavy atom. The monoisotopic (exact) mass is 603 g/mol. The summed E-state index contributed by atoms with van der Waals surface area (Å²) in [6.07, 6.45) is 0.478. The van der Waals surface area contributed by atoms with E-state index in [0.717, 1.165) is 4.31 Å². The van der Waals surface area contributed by atoms with Crippen molar-refractivity contribution in [2.45, 2.75) is 42.7 Å². The number of sulfonamides is 1. The van der Waals surface area contributed by atoms with Crippen molar-refractivity contribution in [3.05, 3.63) is 87.7 Å². The van der Waals surface area contributed by atoms with E-state index in [0.29, 0.717) is 23.1 Å². The first-order valence-electron chi connectivity index (χ1n) is 12.2. The zero-order valence-electron chi connectivity index (χ0n) is 21.2. The number of nitrogens with one attached hydrogen (secondary N) is 1. The van der Waals surface area contributed by atoms with Gasteiger partial charge in [0.25, 0.3) is 0 Å². The van der Waals surface area contributed by atoms with Crippen molar-refractivity contribution in [2.75, 3.05) is 6.54 Å². The van der Waals surface area contributed by atoms with Gasteiger partial charge in [-0.15, -0.1) is 0 Å². The fourth-order valence-electron chi connectivity index (χ4n) is 4.80. The zero-order chi connectivity index (χ0) is 29.2. The van der Waals surface area contributed by atoms with Crippen molar-refractivity contribution in [2.24, 2.45) is 0 Å². The Labute approximate surface area is 241 Å². The molecule has 0 spiro atoms. The molecule has 3 aromatic carbocycles. The number of carboxylic acids is 1. The number of nitrogens with zero attached hydrogens (tertiary/aromatic N) is 2. The molecule has 4 rings (SSSR count). The molecule has 8 nitrogen and oxygen atoms in total. The van der Waals surface area contributed by atoms with E-state index in [9.17, 15) is 32.8 Å². The van der Waals surface area contributed by atoms with Crippen LogP contribution in [0.3, 0.4) is 0 Å². The number of rotatable bonds is 8. The van der Waals surface area contributed by atoms with Crippen LogP contribution in [0.1, 0.15) is 30.9 Å². The molecule has 2 N–H and O–H groups in total. The Morgan fingerprint density at radius 2 is 1.80 bits per heavy atom. The summed E-state index contributed by atoms with van der Waals surface area (Å²) in [4.78, 5) is 25.4. The van der Waals surface area contributed by atoms with Gasteiger partial charge in [-0.2, -0.15) is 9.57 Å². The maximum Gasteiger partial charge on any atom is 0.326 e. The highest BCUT2D eigenvalue weighted by molar-refractivity contribution is 7.89. The van der Waals surface area contributed by atoms with Crippen LogP contribution in [-0.2, 0) is 26.0 Å². The normalized spacial score (nSPS) is 18.2. The molecule has 2 atom stereocenters. The van der Waals surface area contributed by atoms with E-state index in [1.54, 1.807) is 30.3 Å². The van der Waals surface area contributed by atoms with Crippen molar-refractivity contribution in [1.29, 1.82) is 5.26 Å². The van der Waals surface area contributed by atoms with Gasteiger partial charge in [-0.05, 0) is 55.2 Å². The van der Waals surface area contributed by atoms with Gasteiger partial charge < -0.3 is 10.4 Å². The third-order valence-corrected chi connectivity index (χ3v) is 9.36. The number of hydrogen-bond acceptors (Lipinski definition) is 5. The fourth-order valence-corrected chi connectivity index (χ4v) is 7.34. The van der Waals surface area contributed by atoms with Crippen LogP contribution in [0.15, 0.2) is 65.6 Å². The number of hydrogen-bond donors (Lipinski definition) is 2. The number of carbonyl (C=O) groups excluding carboxylic acids is 1. The summed E-state index contributed by atoms with van der Waals surface area (Å²) >= 11 is 12.0. The second kappa shape index (κ2) is 11.6. The van der Waals surface area contributed by atoms with Crippen molar-refractivity contribution in [3.63, 3.8) is 0 Å². The predicted octanol–water partition coefficient (Wildman–Crippen LogP) is 5.03. The Morgan fingerprint density at radius 1 is 1.15 bits per heavy atom. The lowest BCUT2D eigenvalue weighted by molar-refractivity contribution is -0.143. The average molecular weight is 604 g/mol. The van der Waals surface area contributed by atoms with Crippen LogP contribution in [-0.4, -0.2) is 47.8 Å². The van der Waals surface area contributed by atoms with Crippen LogP contribution in [0.2, 0.25) is 10.0 Å². The molecule has 12 heteroatoms. The number of aliphatic carboxylic acids is 1. The van der Waals surface area contributed by atoms with Gasteiger partial charge in [0.1, 0.15) is 23.5 Å². The maximum absolute atomic E-state index is 14.0. The van der Waals surface area contributed by atoms with E-state index >= 15 is 0 Å². The molecular formula is C28H24Cl2FN3O5S. The summed E-state index contributed by atoms with van der Waals surface area (Å²) < 4.78 is 42.0.